The Bertz CT molecular complexity index is 514. The lowest BCUT2D eigenvalue weighted by Crippen LogP contribution is -2.52. The average molecular weight is 302 g/mol. The van der Waals surface area contributed by atoms with E-state index >= 15 is 0 Å². The molecule has 3 atom stereocenters. The van der Waals surface area contributed by atoms with Gasteiger partial charge in [-0.3, -0.25) is 4.79 Å². The van der Waals surface area contributed by atoms with Crippen LogP contribution in [0.3, 0.4) is 0 Å². The Morgan fingerprint density at radius 1 is 1.23 bits per heavy atom. The van der Waals surface area contributed by atoms with Crippen molar-refractivity contribution in [2.45, 2.75) is 31.7 Å². The van der Waals surface area contributed by atoms with Crippen molar-refractivity contribution in [1.82, 2.24) is 10.2 Å². The number of amides is 1. The first-order valence-corrected chi connectivity index (χ1v) is 8.31. The minimum absolute atomic E-state index is 0.0431. The number of rotatable bonds is 3. The van der Waals surface area contributed by atoms with Gasteiger partial charge in [0.1, 0.15) is 5.75 Å². The summed E-state index contributed by atoms with van der Waals surface area (Å²) in [7, 11) is 3.82. The lowest BCUT2D eigenvalue weighted by molar-refractivity contribution is 0.0650. The Morgan fingerprint density at radius 3 is 2.73 bits per heavy atom. The van der Waals surface area contributed by atoms with Crippen LogP contribution in [-0.4, -0.2) is 44.1 Å². The first-order valence-electron chi connectivity index (χ1n) is 8.31. The van der Waals surface area contributed by atoms with Crippen molar-refractivity contribution < 1.29 is 9.53 Å². The number of likely N-dealkylation sites (tertiary alicyclic amines) is 1. The van der Waals surface area contributed by atoms with Gasteiger partial charge in [0, 0.05) is 18.2 Å². The monoisotopic (exact) mass is 302 g/mol. The minimum Gasteiger partial charge on any atom is -0.497 e. The molecule has 0 spiro atoms. The second kappa shape index (κ2) is 6.69. The van der Waals surface area contributed by atoms with Gasteiger partial charge in [0.15, 0.2) is 0 Å². The third-order valence-electron chi connectivity index (χ3n) is 5.29. The number of carbonyl (C=O) groups is 1. The molecule has 120 valence electrons. The van der Waals surface area contributed by atoms with Crippen molar-refractivity contribution in [3.8, 4) is 5.75 Å². The Hall–Kier alpha value is -1.55. The van der Waals surface area contributed by atoms with E-state index < -0.39 is 0 Å². The van der Waals surface area contributed by atoms with E-state index in [1.807, 2.05) is 24.3 Å². The highest BCUT2D eigenvalue weighted by Gasteiger charge is 2.37. The van der Waals surface area contributed by atoms with Gasteiger partial charge in [0.05, 0.1) is 7.11 Å². The van der Waals surface area contributed by atoms with Crippen molar-refractivity contribution >= 4 is 5.91 Å². The van der Waals surface area contributed by atoms with Crippen LogP contribution >= 0.6 is 0 Å². The molecule has 0 bridgehead atoms. The SMILES string of the molecule is COc1ccc(C(=O)N[C@@H]2CCC[C@@H]3CCN(C)C[C@@H]32)cc1. The molecule has 1 aromatic carbocycles. The molecule has 1 aliphatic carbocycles. The second-order valence-corrected chi connectivity index (χ2v) is 6.71. The standard InChI is InChI=1S/C18H26N2O2/c1-20-11-10-13-4-3-5-17(16(13)12-20)19-18(21)14-6-8-15(22-2)9-7-14/h6-9,13,16-17H,3-5,10-12H2,1-2H3,(H,19,21)/t13-,16+,17-/m1/s1. The zero-order valence-corrected chi connectivity index (χ0v) is 13.5. The summed E-state index contributed by atoms with van der Waals surface area (Å²) in [5, 5.41) is 3.29. The Labute approximate surface area is 132 Å². The van der Waals surface area contributed by atoms with Crippen molar-refractivity contribution in [1.29, 1.82) is 0 Å². The summed E-state index contributed by atoms with van der Waals surface area (Å²) >= 11 is 0. The van der Waals surface area contributed by atoms with Gasteiger partial charge >= 0.3 is 0 Å². The molecule has 4 heteroatoms. The number of hydrogen-bond acceptors (Lipinski definition) is 3. The number of ether oxygens (including phenoxy) is 1. The molecular weight excluding hydrogens is 276 g/mol. The average Bonchev–Trinajstić information content (AvgIpc) is 2.55. The fourth-order valence-corrected chi connectivity index (χ4v) is 4.00. The lowest BCUT2D eigenvalue weighted by Gasteiger charge is -2.44. The van der Waals surface area contributed by atoms with Gasteiger partial charge in [0.25, 0.3) is 5.91 Å². The maximum Gasteiger partial charge on any atom is 0.251 e. The summed E-state index contributed by atoms with van der Waals surface area (Å²) in [5.74, 6) is 2.21. The first kappa shape index (κ1) is 15.3. The molecule has 0 unspecified atom stereocenters. The molecule has 1 aliphatic heterocycles. The van der Waals surface area contributed by atoms with Gasteiger partial charge in [-0.2, -0.15) is 0 Å². The smallest absolute Gasteiger partial charge is 0.251 e. The number of hydrogen-bond donors (Lipinski definition) is 1. The number of fused-ring (bicyclic) bond motifs is 1. The summed E-state index contributed by atoms with van der Waals surface area (Å²) < 4.78 is 5.14. The van der Waals surface area contributed by atoms with Crippen LogP contribution in [0, 0.1) is 11.8 Å². The Kier molecular flexibility index (Phi) is 4.67. The van der Waals surface area contributed by atoms with Gasteiger partial charge in [0.2, 0.25) is 0 Å². The predicted octanol–water partition coefficient (Wildman–Crippen LogP) is 2.55. The van der Waals surface area contributed by atoms with Crippen molar-refractivity contribution in [2.24, 2.45) is 11.8 Å². The van der Waals surface area contributed by atoms with E-state index in [9.17, 15) is 4.79 Å². The van der Waals surface area contributed by atoms with Crippen LogP contribution in [0.2, 0.25) is 0 Å². The molecule has 4 nitrogen and oxygen atoms in total. The number of nitrogens with zero attached hydrogens (tertiary/aromatic N) is 1. The molecule has 2 fully saturated rings. The molecule has 1 heterocycles. The van der Waals surface area contributed by atoms with Crippen molar-refractivity contribution in [2.75, 3.05) is 27.2 Å². The highest BCUT2D eigenvalue weighted by atomic mass is 16.5. The van der Waals surface area contributed by atoms with E-state index in [-0.39, 0.29) is 5.91 Å². The highest BCUT2D eigenvalue weighted by molar-refractivity contribution is 5.94. The summed E-state index contributed by atoms with van der Waals surface area (Å²) in [5.41, 5.74) is 0.715. The molecule has 1 saturated heterocycles. The number of methoxy groups -OCH3 is 1. The van der Waals surface area contributed by atoms with E-state index in [0.29, 0.717) is 17.5 Å². The number of benzene rings is 1. The molecule has 0 radical (unpaired) electrons. The van der Waals surface area contributed by atoms with Crippen LogP contribution in [0.4, 0.5) is 0 Å². The zero-order valence-electron chi connectivity index (χ0n) is 13.5. The predicted molar refractivity (Wildman–Crippen MR) is 87.2 cm³/mol. The van der Waals surface area contributed by atoms with Crippen LogP contribution in [-0.2, 0) is 0 Å². The molecule has 0 aromatic heterocycles. The van der Waals surface area contributed by atoms with Crippen LogP contribution in [0.25, 0.3) is 0 Å². The summed E-state index contributed by atoms with van der Waals surface area (Å²) in [6.45, 7) is 2.30. The van der Waals surface area contributed by atoms with E-state index in [4.69, 9.17) is 4.74 Å². The Morgan fingerprint density at radius 2 is 2.00 bits per heavy atom. The third kappa shape index (κ3) is 3.27. The number of nitrogens with one attached hydrogen (secondary N) is 1. The van der Waals surface area contributed by atoms with Crippen molar-refractivity contribution in [3.63, 3.8) is 0 Å². The van der Waals surface area contributed by atoms with E-state index in [0.717, 1.165) is 24.6 Å². The molecule has 1 amide bonds. The maximum absolute atomic E-state index is 12.5. The maximum atomic E-state index is 12.5. The molecule has 1 aromatic rings. The molecule has 3 rings (SSSR count). The van der Waals surface area contributed by atoms with Crippen LogP contribution in [0.1, 0.15) is 36.0 Å². The largest absolute Gasteiger partial charge is 0.497 e. The lowest BCUT2D eigenvalue weighted by atomic mass is 9.72. The topological polar surface area (TPSA) is 41.6 Å². The number of piperidine rings is 1. The first-order chi connectivity index (χ1) is 10.7. The quantitative estimate of drug-likeness (QED) is 0.933. The zero-order chi connectivity index (χ0) is 15.5. The molecule has 2 aliphatic rings. The highest BCUT2D eigenvalue weighted by Crippen LogP contribution is 2.36. The van der Waals surface area contributed by atoms with Gasteiger partial charge in [-0.15, -0.1) is 0 Å². The minimum atomic E-state index is 0.0431. The van der Waals surface area contributed by atoms with Gasteiger partial charge in [-0.05, 0) is 69.0 Å². The molecule has 22 heavy (non-hydrogen) atoms. The molecule has 1 saturated carbocycles. The summed E-state index contributed by atoms with van der Waals surface area (Å²) in [4.78, 5) is 14.9. The van der Waals surface area contributed by atoms with E-state index in [2.05, 4.69) is 17.3 Å². The fraction of sp³-hybridized carbons (Fsp3) is 0.611. The summed E-state index contributed by atoms with van der Waals surface area (Å²) in [6, 6.07) is 7.67. The van der Waals surface area contributed by atoms with E-state index in [1.54, 1.807) is 7.11 Å². The van der Waals surface area contributed by atoms with Crippen LogP contribution < -0.4 is 10.1 Å². The summed E-state index contributed by atoms with van der Waals surface area (Å²) in [6.07, 6.45) is 4.94. The molecular formula is C18H26N2O2. The van der Waals surface area contributed by atoms with Crippen LogP contribution in [0.5, 0.6) is 5.75 Å². The third-order valence-corrected chi connectivity index (χ3v) is 5.29. The second-order valence-electron chi connectivity index (χ2n) is 6.71. The van der Waals surface area contributed by atoms with Gasteiger partial charge in [-0.25, -0.2) is 0 Å². The molecule has 1 N–H and O–H groups in total. The Balaban J connectivity index is 1.66. The van der Waals surface area contributed by atoms with Crippen molar-refractivity contribution in [3.05, 3.63) is 29.8 Å². The van der Waals surface area contributed by atoms with E-state index in [1.165, 1.54) is 25.8 Å². The normalized spacial score (nSPS) is 28.7. The fourth-order valence-electron chi connectivity index (χ4n) is 4.00. The van der Waals surface area contributed by atoms with Crippen LogP contribution in [0.15, 0.2) is 24.3 Å². The van der Waals surface area contributed by atoms with Gasteiger partial charge < -0.3 is 15.0 Å². The van der Waals surface area contributed by atoms with Gasteiger partial charge in [-0.1, -0.05) is 6.42 Å². The number of carbonyl (C=O) groups excluding carboxylic acids is 1.